The third-order valence-corrected chi connectivity index (χ3v) is 7.46. The van der Waals surface area contributed by atoms with Crippen molar-refractivity contribution in [2.24, 2.45) is 0 Å². The van der Waals surface area contributed by atoms with Crippen molar-refractivity contribution < 1.29 is 26.4 Å². The average molecular weight is 449 g/mol. The quantitative estimate of drug-likeness (QED) is 0.755. The number of likely N-dealkylation sites (tertiary alicyclic amines) is 1. The number of pyridine rings is 1. The molecule has 29 heavy (non-hydrogen) atoms. The molecule has 12 heteroatoms. The summed E-state index contributed by atoms with van der Waals surface area (Å²) < 4.78 is 66.5. The molecule has 0 bridgehead atoms. The number of nitrogens with one attached hydrogen (secondary N) is 1. The third kappa shape index (κ3) is 5.25. The molecule has 0 spiro atoms. The zero-order valence-electron chi connectivity index (χ0n) is 15.1. The number of amides is 1. The smallest absolute Gasteiger partial charge is 0.341 e. The largest absolute Gasteiger partial charge is 0.417 e. The van der Waals surface area contributed by atoms with Crippen molar-refractivity contribution in [2.75, 3.05) is 13.1 Å². The van der Waals surface area contributed by atoms with Gasteiger partial charge in [0.05, 0.1) is 5.56 Å². The Morgan fingerprint density at radius 3 is 2.48 bits per heavy atom. The van der Waals surface area contributed by atoms with Gasteiger partial charge in [-0.25, -0.2) is 13.1 Å². The molecule has 1 N–H and O–H groups in total. The summed E-state index contributed by atoms with van der Waals surface area (Å²) in [5.41, 5.74) is -1.71. The van der Waals surface area contributed by atoms with Gasteiger partial charge in [-0.05, 0) is 30.4 Å². The van der Waals surface area contributed by atoms with Crippen LogP contribution in [0.15, 0.2) is 44.8 Å². The first-order chi connectivity index (χ1) is 13.6. The molecule has 0 unspecified atom stereocenters. The van der Waals surface area contributed by atoms with E-state index in [1.54, 1.807) is 11.4 Å². The van der Waals surface area contributed by atoms with Crippen LogP contribution >= 0.6 is 11.3 Å². The van der Waals surface area contributed by atoms with Crippen LogP contribution < -0.4 is 10.3 Å². The lowest BCUT2D eigenvalue weighted by molar-refractivity contribution is -0.139. The van der Waals surface area contributed by atoms with Crippen LogP contribution in [0, 0.1) is 0 Å². The number of thiophene rings is 1. The number of sulfonamides is 1. The summed E-state index contributed by atoms with van der Waals surface area (Å²) in [4.78, 5) is 25.6. The Bertz CT molecular complexity index is 1020. The fraction of sp³-hybridized carbons (Fsp3) is 0.412. The molecule has 1 saturated heterocycles. The highest BCUT2D eigenvalue weighted by atomic mass is 32.2. The Labute approximate surface area is 168 Å². The molecule has 0 radical (unpaired) electrons. The van der Waals surface area contributed by atoms with E-state index in [1.165, 1.54) is 11.0 Å². The van der Waals surface area contributed by atoms with E-state index in [-0.39, 0.29) is 23.3 Å². The second-order valence-corrected chi connectivity index (χ2v) is 9.48. The average Bonchev–Trinajstić information content (AvgIpc) is 3.18. The lowest BCUT2D eigenvalue weighted by Crippen LogP contribution is -2.47. The summed E-state index contributed by atoms with van der Waals surface area (Å²) in [6, 6.07) is 4.24. The molecule has 3 heterocycles. The van der Waals surface area contributed by atoms with E-state index in [9.17, 15) is 31.2 Å². The molecule has 158 valence electrons. The molecule has 1 aliphatic heterocycles. The number of hydrogen-bond donors (Lipinski definition) is 1. The van der Waals surface area contributed by atoms with Gasteiger partial charge in [0.15, 0.2) is 0 Å². The molecular formula is C17H18F3N3O4S2. The van der Waals surface area contributed by atoms with Crippen LogP contribution in [0.1, 0.15) is 18.4 Å². The summed E-state index contributed by atoms with van der Waals surface area (Å²) in [5, 5.41) is 1.66. The molecule has 2 aromatic heterocycles. The van der Waals surface area contributed by atoms with Gasteiger partial charge in [0.25, 0.3) is 5.56 Å². The molecule has 0 aliphatic carbocycles. The van der Waals surface area contributed by atoms with Gasteiger partial charge in [-0.2, -0.15) is 13.2 Å². The van der Waals surface area contributed by atoms with Crippen LogP contribution in [-0.4, -0.2) is 42.9 Å². The third-order valence-electron chi connectivity index (χ3n) is 4.55. The molecule has 1 fully saturated rings. The molecule has 0 saturated carbocycles. The van der Waals surface area contributed by atoms with Crippen LogP contribution in [0.3, 0.4) is 0 Å². The topological polar surface area (TPSA) is 88.5 Å². The van der Waals surface area contributed by atoms with Crippen molar-refractivity contribution in [1.82, 2.24) is 14.2 Å². The van der Waals surface area contributed by atoms with Gasteiger partial charge in [0.1, 0.15) is 10.8 Å². The summed E-state index contributed by atoms with van der Waals surface area (Å²) in [7, 11) is -3.61. The Kier molecular flexibility index (Phi) is 6.15. The lowest BCUT2D eigenvalue weighted by Gasteiger charge is -2.32. The first-order valence-corrected chi connectivity index (χ1v) is 11.0. The number of carbonyl (C=O) groups excluding carboxylic acids is 1. The Hall–Kier alpha value is -2.18. The van der Waals surface area contributed by atoms with Crippen molar-refractivity contribution in [2.45, 2.75) is 35.8 Å². The van der Waals surface area contributed by atoms with Crippen molar-refractivity contribution in [3.05, 3.63) is 51.8 Å². The number of piperidine rings is 1. The standard InChI is InChI=1S/C17H18F3N3O4S2/c18-17(19,20)12-3-4-14(24)23(10-12)11-15(25)22-7-5-13(6-8-22)21-29(26,27)16-2-1-9-28-16/h1-4,9-10,13,21H,5-8,11H2. The summed E-state index contributed by atoms with van der Waals surface area (Å²) in [6.07, 6.45) is -3.25. The van der Waals surface area contributed by atoms with Crippen LogP contribution in [-0.2, 0) is 27.5 Å². The minimum absolute atomic E-state index is 0.208. The zero-order valence-corrected chi connectivity index (χ0v) is 16.7. The molecule has 0 aromatic carbocycles. The molecule has 1 aliphatic rings. The lowest BCUT2D eigenvalue weighted by atomic mass is 10.1. The van der Waals surface area contributed by atoms with Gasteiger partial charge in [-0.3, -0.25) is 9.59 Å². The fourth-order valence-electron chi connectivity index (χ4n) is 3.01. The van der Waals surface area contributed by atoms with E-state index in [2.05, 4.69) is 4.72 Å². The van der Waals surface area contributed by atoms with Gasteiger partial charge >= 0.3 is 6.18 Å². The van der Waals surface area contributed by atoms with Gasteiger partial charge in [0, 0.05) is 31.4 Å². The first-order valence-electron chi connectivity index (χ1n) is 8.67. The van der Waals surface area contributed by atoms with E-state index < -0.39 is 39.8 Å². The van der Waals surface area contributed by atoms with Gasteiger partial charge in [-0.15, -0.1) is 11.3 Å². The maximum Gasteiger partial charge on any atom is 0.417 e. The first kappa shape index (κ1) is 21.5. The highest BCUT2D eigenvalue weighted by molar-refractivity contribution is 7.91. The maximum atomic E-state index is 12.8. The van der Waals surface area contributed by atoms with Crippen molar-refractivity contribution in [3.63, 3.8) is 0 Å². The van der Waals surface area contributed by atoms with Crippen molar-refractivity contribution in [3.8, 4) is 0 Å². The molecule has 7 nitrogen and oxygen atoms in total. The number of nitrogens with zero attached hydrogens (tertiary/aromatic N) is 2. The molecular weight excluding hydrogens is 431 g/mol. The number of alkyl halides is 3. The SMILES string of the molecule is O=C(Cn1cc(C(F)(F)F)ccc1=O)N1CCC(NS(=O)(=O)c2cccs2)CC1. The van der Waals surface area contributed by atoms with E-state index in [4.69, 9.17) is 0 Å². The number of hydrogen-bond acceptors (Lipinski definition) is 5. The van der Waals surface area contributed by atoms with E-state index >= 15 is 0 Å². The highest BCUT2D eigenvalue weighted by Gasteiger charge is 2.32. The highest BCUT2D eigenvalue weighted by Crippen LogP contribution is 2.28. The van der Waals surface area contributed by atoms with E-state index in [0.717, 1.165) is 22.0 Å². The minimum Gasteiger partial charge on any atom is -0.341 e. The van der Waals surface area contributed by atoms with Gasteiger partial charge in [0.2, 0.25) is 15.9 Å². The summed E-state index contributed by atoms with van der Waals surface area (Å²) in [6.45, 7) is -0.0251. The number of carbonyl (C=O) groups is 1. The minimum atomic E-state index is -4.61. The monoisotopic (exact) mass is 449 g/mol. The second-order valence-electron chi connectivity index (χ2n) is 6.59. The molecule has 1 amide bonds. The maximum absolute atomic E-state index is 12.8. The van der Waals surface area contributed by atoms with Gasteiger partial charge < -0.3 is 9.47 Å². The normalized spacial score (nSPS) is 16.2. The number of halogens is 3. The van der Waals surface area contributed by atoms with Crippen LogP contribution in [0.25, 0.3) is 0 Å². The van der Waals surface area contributed by atoms with Crippen molar-refractivity contribution in [1.29, 1.82) is 0 Å². The van der Waals surface area contributed by atoms with E-state index in [0.29, 0.717) is 25.1 Å². The molecule has 3 rings (SSSR count). The molecule has 0 atom stereocenters. The summed E-state index contributed by atoms with van der Waals surface area (Å²) in [5.74, 6) is -0.494. The second kappa shape index (κ2) is 8.28. The molecule has 2 aromatic rings. The fourth-order valence-corrected chi connectivity index (χ4v) is 5.32. The predicted molar refractivity (Wildman–Crippen MR) is 99.9 cm³/mol. The number of rotatable bonds is 5. The summed E-state index contributed by atoms with van der Waals surface area (Å²) >= 11 is 1.10. The van der Waals surface area contributed by atoms with Crippen LogP contribution in [0.4, 0.5) is 13.2 Å². The van der Waals surface area contributed by atoms with Gasteiger partial charge in [-0.1, -0.05) is 6.07 Å². The van der Waals surface area contributed by atoms with Crippen LogP contribution in [0.2, 0.25) is 0 Å². The predicted octanol–water partition coefficient (Wildman–Crippen LogP) is 1.90. The van der Waals surface area contributed by atoms with Crippen molar-refractivity contribution >= 4 is 27.3 Å². The Balaban J connectivity index is 1.59. The zero-order chi connectivity index (χ0) is 21.2. The Morgan fingerprint density at radius 1 is 1.21 bits per heavy atom. The Morgan fingerprint density at radius 2 is 1.90 bits per heavy atom. The van der Waals surface area contributed by atoms with Crippen LogP contribution in [0.5, 0.6) is 0 Å². The number of aromatic nitrogens is 1. The van der Waals surface area contributed by atoms with E-state index in [1.807, 2.05) is 0 Å².